The summed E-state index contributed by atoms with van der Waals surface area (Å²) < 4.78 is 7.70. The summed E-state index contributed by atoms with van der Waals surface area (Å²) in [6, 6.07) is 8.98. The number of hydrogen-bond acceptors (Lipinski definition) is 2. The van der Waals surface area contributed by atoms with E-state index in [1.54, 1.807) is 42.0 Å². The lowest BCUT2D eigenvalue weighted by atomic mass is 10.3. The van der Waals surface area contributed by atoms with Crippen molar-refractivity contribution < 1.29 is 9.53 Å². The fourth-order valence-electron chi connectivity index (χ4n) is 1.62. The zero-order chi connectivity index (χ0) is 13.1. The van der Waals surface area contributed by atoms with Gasteiger partial charge in [-0.3, -0.25) is 4.79 Å². The number of methoxy groups -OCH3 is 1. The molecule has 94 valence electrons. The molecule has 1 aromatic carbocycles. The summed E-state index contributed by atoms with van der Waals surface area (Å²) in [5.41, 5.74) is 1.33. The van der Waals surface area contributed by atoms with Crippen LogP contribution in [0.1, 0.15) is 10.5 Å². The highest BCUT2D eigenvalue weighted by atomic mass is 79.9. The molecule has 0 unspecified atom stereocenters. The summed E-state index contributed by atoms with van der Waals surface area (Å²) in [7, 11) is 3.43. The Bertz CT molecular complexity index is 561. The summed E-state index contributed by atoms with van der Waals surface area (Å²) in [5.74, 6) is 0.614. The zero-order valence-electron chi connectivity index (χ0n) is 10.1. The van der Waals surface area contributed by atoms with Crippen LogP contribution < -0.4 is 10.1 Å². The molecule has 2 rings (SSSR count). The lowest BCUT2D eigenvalue weighted by Crippen LogP contribution is -2.15. The number of aromatic nitrogens is 1. The summed E-state index contributed by atoms with van der Waals surface area (Å²) >= 11 is 3.34. The fraction of sp³-hybridized carbons (Fsp3) is 0.154. The Morgan fingerprint density at radius 1 is 1.33 bits per heavy atom. The molecule has 18 heavy (non-hydrogen) atoms. The van der Waals surface area contributed by atoms with Crippen LogP contribution >= 0.6 is 15.9 Å². The SMILES string of the molecule is COc1ccc(NC(=O)c2cc(Br)cn2C)cc1. The molecule has 0 spiro atoms. The minimum atomic E-state index is -0.145. The van der Waals surface area contributed by atoms with Crippen molar-refractivity contribution in [1.29, 1.82) is 0 Å². The van der Waals surface area contributed by atoms with E-state index in [-0.39, 0.29) is 5.91 Å². The summed E-state index contributed by atoms with van der Waals surface area (Å²) in [6.07, 6.45) is 1.84. The normalized spacial score (nSPS) is 10.2. The molecule has 0 bridgehead atoms. The molecule has 5 heteroatoms. The molecule has 4 nitrogen and oxygen atoms in total. The molecule has 1 aromatic heterocycles. The molecule has 1 heterocycles. The molecule has 0 atom stereocenters. The molecule has 0 aliphatic rings. The minimum Gasteiger partial charge on any atom is -0.497 e. The monoisotopic (exact) mass is 308 g/mol. The second-order valence-electron chi connectivity index (χ2n) is 3.84. The topological polar surface area (TPSA) is 43.3 Å². The van der Waals surface area contributed by atoms with Gasteiger partial charge in [-0.15, -0.1) is 0 Å². The number of ether oxygens (including phenoxy) is 1. The number of nitrogens with zero attached hydrogens (tertiary/aromatic N) is 1. The van der Waals surface area contributed by atoms with E-state index >= 15 is 0 Å². The highest BCUT2D eigenvalue weighted by Gasteiger charge is 2.11. The molecular weight excluding hydrogens is 296 g/mol. The number of anilines is 1. The van der Waals surface area contributed by atoms with Crippen molar-refractivity contribution in [3.8, 4) is 5.75 Å². The van der Waals surface area contributed by atoms with Gasteiger partial charge >= 0.3 is 0 Å². The van der Waals surface area contributed by atoms with E-state index in [4.69, 9.17) is 4.74 Å². The van der Waals surface area contributed by atoms with Crippen molar-refractivity contribution >= 4 is 27.5 Å². The van der Waals surface area contributed by atoms with Gasteiger partial charge in [0, 0.05) is 23.4 Å². The molecular formula is C13H13BrN2O2. The number of rotatable bonds is 3. The van der Waals surface area contributed by atoms with E-state index in [2.05, 4.69) is 21.2 Å². The third-order valence-corrected chi connectivity index (χ3v) is 2.99. The second-order valence-corrected chi connectivity index (χ2v) is 4.75. The number of aryl methyl sites for hydroxylation is 1. The van der Waals surface area contributed by atoms with Crippen molar-refractivity contribution in [3.05, 3.63) is 46.7 Å². The standard InChI is InChI=1S/C13H13BrN2O2/c1-16-8-9(14)7-12(16)13(17)15-10-3-5-11(18-2)6-4-10/h3-8H,1-2H3,(H,15,17). The van der Waals surface area contributed by atoms with Crippen LogP contribution in [-0.2, 0) is 7.05 Å². The minimum absolute atomic E-state index is 0.145. The maximum absolute atomic E-state index is 12.0. The van der Waals surface area contributed by atoms with Gasteiger partial charge in [0.15, 0.2) is 0 Å². The highest BCUT2D eigenvalue weighted by molar-refractivity contribution is 9.10. The molecule has 2 aromatic rings. The smallest absolute Gasteiger partial charge is 0.272 e. The lowest BCUT2D eigenvalue weighted by molar-refractivity contribution is 0.101. The predicted octanol–water partition coefficient (Wildman–Crippen LogP) is 3.05. The molecule has 0 aliphatic carbocycles. The molecule has 0 radical (unpaired) electrons. The third kappa shape index (κ3) is 2.73. The lowest BCUT2D eigenvalue weighted by Gasteiger charge is -2.06. The Balaban J connectivity index is 2.13. The van der Waals surface area contributed by atoms with Gasteiger partial charge in [-0.25, -0.2) is 0 Å². The van der Waals surface area contributed by atoms with E-state index in [0.717, 1.165) is 15.9 Å². The van der Waals surface area contributed by atoms with Crippen molar-refractivity contribution in [2.45, 2.75) is 0 Å². The Morgan fingerprint density at radius 3 is 2.50 bits per heavy atom. The van der Waals surface area contributed by atoms with Crippen LogP contribution in [0.3, 0.4) is 0 Å². The van der Waals surface area contributed by atoms with E-state index < -0.39 is 0 Å². The summed E-state index contributed by atoms with van der Waals surface area (Å²) in [4.78, 5) is 12.0. The van der Waals surface area contributed by atoms with Crippen molar-refractivity contribution in [1.82, 2.24) is 4.57 Å². The van der Waals surface area contributed by atoms with Gasteiger partial charge in [-0.05, 0) is 46.3 Å². The van der Waals surface area contributed by atoms with Crippen molar-refractivity contribution in [3.63, 3.8) is 0 Å². The number of halogens is 1. The first-order chi connectivity index (χ1) is 8.60. The van der Waals surface area contributed by atoms with Crippen molar-refractivity contribution in [2.75, 3.05) is 12.4 Å². The van der Waals surface area contributed by atoms with Gasteiger partial charge in [-0.1, -0.05) is 0 Å². The van der Waals surface area contributed by atoms with Gasteiger partial charge in [-0.2, -0.15) is 0 Å². The van der Waals surface area contributed by atoms with Crippen LogP contribution in [0, 0.1) is 0 Å². The average Bonchev–Trinajstić information content (AvgIpc) is 2.69. The van der Waals surface area contributed by atoms with E-state index in [9.17, 15) is 4.79 Å². The number of amides is 1. The molecule has 1 N–H and O–H groups in total. The fourth-order valence-corrected chi connectivity index (χ4v) is 2.14. The quantitative estimate of drug-likeness (QED) is 0.947. The Kier molecular flexibility index (Phi) is 3.72. The van der Waals surface area contributed by atoms with E-state index in [0.29, 0.717) is 5.69 Å². The molecule has 1 amide bonds. The van der Waals surface area contributed by atoms with Gasteiger partial charge in [0.05, 0.1) is 7.11 Å². The number of benzene rings is 1. The average molecular weight is 309 g/mol. The number of hydrogen-bond donors (Lipinski definition) is 1. The molecule has 0 fully saturated rings. The largest absolute Gasteiger partial charge is 0.497 e. The first-order valence-corrected chi connectivity index (χ1v) is 6.16. The first kappa shape index (κ1) is 12.7. The van der Waals surface area contributed by atoms with E-state index in [1.165, 1.54) is 0 Å². The zero-order valence-corrected chi connectivity index (χ0v) is 11.7. The molecule has 0 saturated carbocycles. The first-order valence-electron chi connectivity index (χ1n) is 5.37. The van der Waals surface area contributed by atoms with Crippen LogP contribution in [0.2, 0.25) is 0 Å². The maximum atomic E-state index is 12.0. The Hall–Kier alpha value is -1.75. The second kappa shape index (κ2) is 5.27. The molecule has 0 aliphatic heterocycles. The van der Waals surface area contributed by atoms with E-state index in [1.807, 2.05) is 13.2 Å². The third-order valence-electron chi connectivity index (χ3n) is 2.55. The number of carbonyl (C=O) groups is 1. The number of carbonyl (C=O) groups excluding carboxylic acids is 1. The van der Waals surface area contributed by atoms with Crippen LogP contribution in [0.25, 0.3) is 0 Å². The van der Waals surface area contributed by atoms with Gasteiger partial charge in [0.2, 0.25) is 0 Å². The Morgan fingerprint density at radius 2 is 2.00 bits per heavy atom. The van der Waals surface area contributed by atoms with Gasteiger partial charge < -0.3 is 14.6 Å². The van der Waals surface area contributed by atoms with Crippen molar-refractivity contribution in [2.24, 2.45) is 7.05 Å². The summed E-state index contributed by atoms with van der Waals surface area (Å²) in [5, 5.41) is 2.83. The van der Waals surface area contributed by atoms with Crippen LogP contribution in [0.4, 0.5) is 5.69 Å². The summed E-state index contributed by atoms with van der Waals surface area (Å²) in [6.45, 7) is 0. The van der Waals surface area contributed by atoms with Gasteiger partial charge in [0.25, 0.3) is 5.91 Å². The van der Waals surface area contributed by atoms with Crippen LogP contribution in [-0.4, -0.2) is 17.6 Å². The van der Waals surface area contributed by atoms with Crippen LogP contribution in [0.15, 0.2) is 41.0 Å². The number of nitrogens with one attached hydrogen (secondary N) is 1. The Labute approximate surface area is 114 Å². The van der Waals surface area contributed by atoms with Crippen LogP contribution in [0.5, 0.6) is 5.75 Å². The molecule has 0 saturated heterocycles. The maximum Gasteiger partial charge on any atom is 0.272 e. The van der Waals surface area contributed by atoms with Gasteiger partial charge in [0.1, 0.15) is 11.4 Å². The highest BCUT2D eigenvalue weighted by Crippen LogP contribution is 2.18. The predicted molar refractivity (Wildman–Crippen MR) is 74.1 cm³/mol.